The van der Waals surface area contributed by atoms with Gasteiger partial charge in [-0.3, -0.25) is 4.79 Å². The molecule has 0 radical (unpaired) electrons. The Hall–Kier alpha value is -1.82. The van der Waals surface area contributed by atoms with E-state index in [1.165, 1.54) is 7.11 Å². The van der Waals surface area contributed by atoms with E-state index in [1.807, 2.05) is 13.8 Å². The van der Waals surface area contributed by atoms with Gasteiger partial charge in [-0.2, -0.15) is 0 Å². The zero-order valence-corrected chi connectivity index (χ0v) is 11.4. The number of aliphatic carboxylic acids is 1. The largest absolute Gasteiger partial charge is 0.480 e. The molecule has 0 aromatic carbocycles. The summed E-state index contributed by atoms with van der Waals surface area (Å²) in [6, 6.07) is 2.63. The summed E-state index contributed by atoms with van der Waals surface area (Å²) < 4.78 is 6.63. The van der Waals surface area contributed by atoms with Gasteiger partial charge in [-0.15, -0.1) is 0 Å². The lowest BCUT2D eigenvalue weighted by Gasteiger charge is -2.16. The van der Waals surface area contributed by atoms with E-state index in [4.69, 9.17) is 9.84 Å². The van der Waals surface area contributed by atoms with Gasteiger partial charge in [0, 0.05) is 32.4 Å². The predicted molar refractivity (Wildman–Crippen MR) is 70.2 cm³/mol. The lowest BCUT2D eigenvalue weighted by Crippen LogP contribution is -2.42. The van der Waals surface area contributed by atoms with Crippen molar-refractivity contribution in [1.82, 2.24) is 9.88 Å². The number of carboxylic acid groups (broad SMARTS) is 1. The number of nitrogens with zero attached hydrogens (tertiary/aromatic N) is 1. The van der Waals surface area contributed by atoms with E-state index in [-0.39, 0.29) is 25.0 Å². The van der Waals surface area contributed by atoms with Crippen LogP contribution in [0.3, 0.4) is 0 Å². The first kappa shape index (κ1) is 15.2. The van der Waals surface area contributed by atoms with Crippen LogP contribution in [0.2, 0.25) is 0 Å². The van der Waals surface area contributed by atoms with Crippen LogP contribution in [-0.4, -0.2) is 41.3 Å². The summed E-state index contributed by atoms with van der Waals surface area (Å²) in [7, 11) is 1.49. The summed E-state index contributed by atoms with van der Waals surface area (Å²) in [6.45, 7) is 4.19. The number of hydrogen-bond donors (Lipinski definition) is 2. The van der Waals surface area contributed by atoms with Gasteiger partial charge in [0.15, 0.2) is 0 Å². The van der Waals surface area contributed by atoms with Gasteiger partial charge in [0.25, 0.3) is 5.91 Å². The molecule has 6 nitrogen and oxygen atoms in total. The maximum Gasteiger partial charge on any atom is 0.326 e. The highest BCUT2D eigenvalue weighted by molar-refractivity contribution is 5.95. The summed E-state index contributed by atoms with van der Waals surface area (Å²) in [5.41, 5.74) is 0.457. The van der Waals surface area contributed by atoms with Crippen LogP contribution >= 0.6 is 0 Å². The molecule has 0 fully saturated rings. The number of ether oxygens (including phenoxy) is 1. The monoisotopic (exact) mass is 268 g/mol. The van der Waals surface area contributed by atoms with Gasteiger partial charge < -0.3 is 19.7 Å². The SMILES string of the molecule is COCCC(NC(=O)c1cccn1C(C)C)C(=O)O. The van der Waals surface area contributed by atoms with Crippen molar-refractivity contribution >= 4 is 11.9 Å². The van der Waals surface area contributed by atoms with Crippen LogP contribution in [0.25, 0.3) is 0 Å². The van der Waals surface area contributed by atoms with Crippen molar-refractivity contribution in [2.45, 2.75) is 32.4 Å². The number of hydrogen-bond acceptors (Lipinski definition) is 3. The molecule has 1 unspecified atom stereocenters. The van der Waals surface area contributed by atoms with Crippen molar-refractivity contribution in [1.29, 1.82) is 0 Å². The fourth-order valence-electron chi connectivity index (χ4n) is 1.76. The highest BCUT2D eigenvalue weighted by atomic mass is 16.5. The summed E-state index contributed by atoms with van der Waals surface area (Å²) in [6.07, 6.45) is 2.03. The lowest BCUT2D eigenvalue weighted by atomic mass is 10.2. The quantitative estimate of drug-likeness (QED) is 0.780. The van der Waals surface area contributed by atoms with Crippen LogP contribution in [0.4, 0.5) is 0 Å². The van der Waals surface area contributed by atoms with E-state index >= 15 is 0 Å². The Balaban J connectivity index is 2.76. The van der Waals surface area contributed by atoms with Crippen LogP contribution in [0.15, 0.2) is 18.3 Å². The average Bonchev–Trinajstić information content (AvgIpc) is 2.83. The molecule has 1 heterocycles. The van der Waals surface area contributed by atoms with Crippen molar-refractivity contribution in [3.05, 3.63) is 24.0 Å². The smallest absolute Gasteiger partial charge is 0.326 e. The van der Waals surface area contributed by atoms with E-state index in [2.05, 4.69) is 5.32 Å². The molecule has 1 atom stereocenters. The molecular weight excluding hydrogens is 248 g/mol. The highest BCUT2D eigenvalue weighted by Crippen LogP contribution is 2.11. The van der Waals surface area contributed by atoms with Gasteiger partial charge in [-0.05, 0) is 26.0 Å². The number of methoxy groups -OCH3 is 1. The summed E-state index contributed by atoms with van der Waals surface area (Å²) in [4.78, 5) is 23.1. The van der Waals surface area contributed by atoms with Gasteiger partial charge in [0.05, 0.1) is 0 Å². The Kier molecular flexibility index (Phi) is 5.57. The van der Waals surface area contributed by atoms with Gasteiger partial charge in [0.2, 0.25) is 0 Å². The molecule has 2 N–H and O–H groups in total. The van der Waals surface area contributed by atoms with E-state index in [9.17, 15) is 9.59 Å². The third kappa shape index (κ3) is 4.10. The van der Waals surface area contributed by atoms with E-state index in [0.29, 0.717) is 5.69 Å². The molecule has 106 valence electrons. The minimum Gasteiger partial charge on any atom is -0.480 e. The van der Waals surface area contributed by atoms with Gasteiger partial charge in [-0.25, -0.2) is 4.79 Å². The molecule has 0 spiro atoms. The van der Waals surface area contributed by atoms with Crippen LogP contribution in [0, 0.1) is 0 Å². The number of carbonyl (C=O) groups excluding carboxylic acids is 1. The molecule has 0 saturated carbocycles. The summed E-state index contributed by atoms with van der Waals surface area (Å²) in [5.74, 6) is -1.45. The molecule has 0 bridgehead atoms. The Labute approximate surface area is 112 Å². The number of rotatable bonds is 7. The molecule has 19 heavy (non-hydrogen) atoms. The fourth-order valence-corrected chi connectivity index (χ4v) is 1.76. The molecule has 0 aliphatic carbocycles. The number of carboxylic acids is 1. The second-order valence-electron chi connectivity index (χ2n) is 4.54. The van der Waals surface area contributed by atoms with Crippen LogP contribution < -0.4 is 5.32 Å². The van der Waals surface area contributed by atoms with Crippen molar-refractivity contribution < 1.29 is 19.4 Å². The third-order valence-corrected chi connectivity index (χ3v) is 2.78. The minimum absolute atomic E-state index is 0.137. The van der Waals surface area contributed by atoms with Crippen molar-refractivity contribution in [2.75, 3.05) is 13.7 Å². The third-order valence-electron chi connectivity index (χ3n) is 2.78. The van der Waals surface area contributed by atoms with Gasteiger partial charge in [-0.1, -0.05) is 0 Å². The van der Waals surface area contributed by atoms with Crippen molar-refractivity contribution in [3.63, 3.8) is 0 Å². The molecule has 1 amide bonds. The fraction of sp³-hybridized carbons (Fsp3) is 0.538. The molecule has 0 aliphatic rings. The maximum atomic E-state index is 12.1. The number of amides is 1. The summed E-state index contributed by atoms with van der Waals surface area (Å²) in [5, 5.41) is 11.6. The first-order chi connectivity index (χ1) is 8.97. The first-order valence-corrected chi connectivity index (χ1v) is 6.16. The normalized spacial score (nSPS) is 12.4. The number of carbonyl (C=O) groups is 2. The average molecular weight is 268 g/mol. The van der Waals surface area contributed by atoms with Crippen LogP contribution in [0.1, 0.15) is 36.8 Å². The lowest BCUT2D eigenvalue weighted by molar-refractivity contribution is -0.139. The zero-order valence-electron chi connectivity index (χ0n) is 11.4. The zero-order chi connectivity index (χ0) is 14.4. The second kappa shape index (κ2) is 6.94. The molecule has 0 saturated heterocycles. The van der Waals surface area contributed by atoms with Gasteiger partial charge in [0.1, 0.15) is 11.7 Å². The van der Waals surface area contributed by atoms with E-state index < -0.39 is 12.0 Å². The molecule has 1 rings (SSSR count). The number of aromatic nitrogens is 1. The molecular formula is C13H20N2O4. The van der Waals surface area contributed by atoms with E-state index in [0.717, 1.165) is 0 Å². The topological polar surface area (TPSA) is 80.6 Å². The molecule has 6 heteroatoms. The first-order valence-electron chi connectivity index (χ1n) is 6.16. The van der Waals surface area contributed by atoms with Crippen molar-refractivity contribution in [3.8, 4) is 0 Å². The molecule has 1 aromatic rings. The Bertz CT molecular complexity index is 440. The van der Waals surface area contributed by atoms with E-state index in [1.54, 1.807) is 22.9 Å². The highest BCUT2D eigenvalue weighted by Gasteiger charge is 2.22. The van der Waals surface area contributed by atoms with Gasteiger partial charge >= 0.3 is 5.97 Å². The van der Waals surface area contributed by atoms with Crippen molar-refractivity contribution in [2.24, 2.45) is 0 Å². The summed E-state index contributed by atoms with van der Waals surface area (Å²) >= 11 is 0. The Morgan fingerprint density at radius 3 is 2.68 bits per heavy atom. The maximum absolute atomic E-state index is 12.1. The number of nitrogens with one attached hydrogen (secondary N) is 1. The van der Waals surface area contributed by atoms with Crippen LogP contribution in [-0.2, 0) is 9.53 Å². The second-order valence-corrected chi connectivity index (χ2v) is 4.54. The predicted octanol–water partition coefficient (Wildman–Crippen LogP) is 1.29. The Morgan fingerprint density at radius 1 is 1.47 bits per heavy atom. The Morgan fingerprint density at radius 2 is 2.16 bits per heavy atom. The molecule has 0 aliphatic heterocycles. The standard InChI is InChI=1S/C13H20N2O4/c1-9(2)15-7-4-5-11(15)12(16)14-10(13(17)18)6-8-19-3/h4-5,7,9-10H,6,8H2,1-3H3,(H,14,16)(H,17,18). The molecule has 1 aromatic heterocycles. The minimum atomic E-state index is -1.06. The van der Waals surface area contributed by atoms with Crippen LogP contribution in [0.5, 0.6) is 0 Å².